The van der Waals surface area contributed by atoms with Gasteiger partial charge in [0.05, 0.1) is 0 Å². The van der Waals surface area contributed by atoms with Crippen molar-refractivity contribution in [2.45, 2.75) is 6.42 Å². The molecule has 0 bridgehead atoms. The summed E-state index contributed by atoms with van der Waals surface area (Å²) in [5, 5.41) is 11.4. The molecular weight excluding hydrogens is 374 g/mol. The van der Waals surface area contributed by atoms with E-state index >= 15 is 0 Å². The quantitative estimate of drug-likeness (QED) is 0.531. The van der Waals surface area contributed by atoms with Gasteiger partial charge in [-0.15, -0.1) is 10.2 Å². The number of pyridine rings is 1. The molecule has 6 nitrogen and oxygen atoms in total. The van der Waals surface area contributed by atoms with Crippen molar-refractivity contribution in [3.05, 3.63) is 95.2 Å². The zero-order chi connectivity index (χ0) is 19.3. The first-order valence-corrected chi connectivity index (χ1v) is 9.04. The van der Waals surface area contributed by atoms with Crippen molar-refractivity contribution in [3.63, 3.8) is 0 Å². The van der Waals surface area contributed by atoms with Crippen LogP contribution in [-0.4, -0.2) is 26.1 Å². The summed E-state index contributed by atoms with van der Waals surface area (Å²) in [4.78, 5) is 19.6. The normalized spacial score (nSPS) is 10.6. The van der Waals surface area contributed by atoms with Crippen molar-refractivity contribution in [1.29, 1.82) is 0 Å². The van der Waals surface area contributed by atoms with E-state index in [-0.39, 0.29) is 5.82 Å². The second-order valence-corrected chi connectivity index (χ2v) is 6.55. The first kappa shape index (κ1) is 17.9. The van der Waals surface area contributed by atoms with E-state index in [0.29, 0.717) is 23.1 Å². The number of benzene rings is 2. The third-order valence-corrected chi connectivity index (χ3v) is 4.48. The summed E-state index contributed by atoms with van der Waals surface area (Å²) >= 11 is 6.25. The third kappa shape index (κ3) is 4.07. The van der Waals surface area contributed by atoms with Gasteiger partial charge in [-0.05, 0) is 29.3 Å². The minimum atomic E-state index is -0.407. The number of rotatable bonds is 5. The highest BCUT2D eigenvalue weighted by Gasteiger charge is 2.14. The van der Waals surface area contributed by atoms with Crippen LogP contribution < -0.4 is 5.32 Å². The monoisotopic (exact) mass is 389 g/mol. The summed E-state index contributed by atoms with van der Waals surface area (Å²) in [6, 6.07) is 21.0. The summed E-state index contributed by atoms with van der Waals surface area (Å²) in [7, 11) is 0. The number of halogens is 1. The standard InChI is InChI=1S/C21H16ClN5O/c22-17-9-5-4-8-16(17)15-10-11-23-18(13-15)25-21(28)20-24-19(26-27-20)12-14-6-2-1-3-7-14/h1-11,13H,12H2,(H,23,25,28)(H,24,26,27). The first-order chi connectivity index (χ1) is 13.7. The van der Waals surface area contributed by atoms with Crippen LogP contribution in [0.1, 0.15) is 22.0 Å². The van der Waals surface area contributed by atoms with Crippen molar-refractivity contribution in [1.82, 2.24) is 20.2 Å². The summed E-state index contributed by atoms with van der Waals surface area (Å²) in [6.45, 7) is 0. The number of H-pyrrole nitrogens is 1. The van der Waals surface area contributed by atoms with E-state index in [1.165, 1.54) is 0 Å². The van der Waals surface area contributed by atoms with Crippen LogP contribution >= 0.6 is 11.6 Å². The number of anilines is 1. The molecule has 0 saturated heterocycles. The Morgan fingerprint density at radius 3 is 2.61 bits per heavy atom. The van der Waals surface area contributed by atoms with Gasteiger partial charge in [-0.1, -0.05) is 60.1 Å². The molecule has 4 rings (SSSR count). The summed E-state index contributed by atoms with van der Waals surface area (Å²) in [5.41, 5.74) is 2.81. The molecule has 7 heteroatoms. The number of nitrogens with one attached hydrogen (secondary N) is 2. The molecule has 28 heavy (non-hydrogen) atoms. The lowest BCUT2D eigenvalue weighted by Gasteiger charge is -2.07. The number of carbonyl (C=O) groups excluding carboxylic acids is 1. The lowest BCUT2D eigenvalue weighted by molar-refractivity contribution is 0.101. The highest BCUT2D eigenvalue weighted by molar-refractivity contribution is 6.33. The summed E-state index contributed by atoms with van der Waals surface area (Å²) in [5.74, 6) is 0.754. The molecule has 2 aromatic heterocycles. The molecule has 2 N–H and O–H groups in total. The van der Waals surface area contributed by atoms with Crippen LogP contribution in [0.2, 0.25) is 5.02 Å². The number of nitrogens with zero attached hydrogens (tertiary/aromatic N) is 3. The summed E-state index contributed by atoms with van der Waals surface area (Å²) < 4.78 is 0. The lowest BCUT2D eigenvalue weighted by Crippen LogP contribution is -2.14. The van der Waals surface area contributed by atoms with E-state index in [4.69, 9.17) is 11.6 Å². The van der Waals surface area contributed by atoms with E-state index in [0.717, 1.165) is 16.7 Å². The number of aromatic amines is 1. The average Bonchev–Trinajstić information content (AvgIpc) is 3.18. The molecule has 0 unspecified atom stereocenters. The highest BCUT2D eigenvalue weighted by Crippen LogP contribution is 2.28. The largest absolute Gasteiger partial charge is 0.321 e. The Morgan fingerprint density at radius 2 is 1.79 bits per heavy atom. The predicted octanol–water partition coefficient (Wildman–Crippen LogP) is 4.36. The molecule has 0 saturated carbocycles. The molecule has 0 spiro atoms. The Labute approximate surface area is 166 Å². The smallest absolute Gasteiger partial charge is 0.294 e. The molecule has 0 aliphatic heterocycles. The maximum Gasteiger partial charge on any atom is 0.294 e. The van der Waals surface area contributed by atoms with Crippen molar-refractivity contribution in [2.24, 2.45) is 0 Å². The minimum Gasteiger partial charge on any atom is -0.321 e. The van der Waals surface area contributed by atoms with Gasteiger partial charge in [0, 0.05) is 23.2 Å². The number of carbonyl (C=O) groups is 1. The molecular formula is C21H16ClN5O. The van der Waals surface area contributed by atoms with Crippen molar-refractivity contribution >= 4 is 23.3 Å². The molecule has 0 radical (unpaired) electrons. The van der Waals surface area contributed by atoms with Crippen molar-refractivity contribution in [2.75, 3.05) is 5.32 Å². The number of hydrogen-bond acceptors (Lipinski definition) is 4. The van der Waals surface area contributed by atoms with Crippen LogP contribution in [0.25, 0.3) is 11.1 Å². The van der Waals surface area contributed by atoms with Gasteiger partial charge in [-0.25, -0.2) is 4.98 Å². The molecule has 138 valence electrons. The number of hydrogen-bond donors (Lipinski definition) is 2. The Bertz CT molecular complexity index is 1110. The zero-order valence-corrected chi connectivity index (χ0v) is 15.5. The van der Waals surface area contributed by atoms with Crippen LogP contribution in [0.15, 0.2) is 72.9 Å². The van der Waals surface area contributed by atoms with Crippen LogP contribution in [0.3, 0.4) is 0 Å². The van der Waals surface area contributed by atoms with Crippen molar-refractivity contribution < 1.29 is 4.79 Å². The van der Waals surface area contributed by atoms with E-state index in [1.807, 2.05) is 60.7 Å². The molecule has 4 aromatic rings. The Hall–Kier alpha value is -3.51. The second kappa shape index (κ2) is 8.02. The van der Waals surface area contributed by atoms with Crippen molar-refractivity contribution in [3.8, 4) is 11.1 Å². The van der Waals surface area contributed by atoms with Crippen LogP contribution in [-0.2, 0) is 6.42 Å². The maximum absolute atomic E-state index is 12.5. The molecule has 2 aromatic carbocycles. The van der Waals surface area contributed by atoms with Gasteiger partial charge in [0.2, 0.25) is 5.82 Å². The van der Waals surface area contributed by atoms with E-state index in [2.05, 4.69) is 25.5 Å². The fourth-order valence-electron chi connectivity index (χ4n) is 2.81. The highest BCUT2D eigenvalue weighted by atomic mass is 35.5. The van der Waals surface area contributed by atoms with Gasteiger partial charge in [-0.2, -0.15) is 0 Å². The molecule has 1 amide bonds. The SMILES string of the molecule is O=C(Nc1cc(-c2ccccc2Cl)ccn1)c1nnc(Cc2ccccc2)[nH]1. The molecule has 0 aliphatic carbocycles. The third-order valence-electron chi connectivity index (χ3n) is 4.15. The average molecular weight is 390 g/mol. The first-order valence-electron chi connectivity index (χ1n) is 8.67. The lowest BCUT2D eigenvalue weighted by atomic mass is 10.1. The van der Waals surface area contributed by atoms with Gasteiger partial charge < -0.3 is 10.3 Å². The van der Waals surface area contributed by atoms with E-state index < -0.39 is 5.91 Å². The van der Waals surface area contributed by atoms with Gasteiger partial charge >= 0.3 is 0 Å². The van der Waals surface area contributed by atoms with Crippen LogP contribution in [0, 0.1) is 0 Å². The Balaban J connectivity index is 1.49. The maximum atomic E-state index is 12.5. The van der Waals surface area contributed by atoms with Gasteiger partial charge in [0.25, 0.3) is 5.91 Å². The molecule has 2 heterocycles. The van der Waals surface area contributed by atoms with Gasteiger partial charge in [-0.3, -0.25) is 4.79 Å². The Morgan fingerprint density at radius 1 is 1.00 bits per heavy atom. The van der Waals surface area contributed by atoms with Gasteiger partial charge in [0.1, 0.15) is 11.6 Å². The minimum absolute atomic E-state index is 0.135. The summed E-state index contributed by atoms with van der Waals surface area (Å²) in [6.07, 6.45) is 2.19. The zero-order valence-electron chi connectivity index (χ0n) is 14.8. The Kier molecular flexibility index (Phi) is 5.12. The van der Waals surface area contributed by atoms with Crippen LogP contribution in [0.5, 0.6) is 0 Å². The van der Waals surface area contributed by atoms with Gasteiger partial charge in [0.15, 0.2) is 0 Å². The fourth-order valence-corrected chi connectivity index (χ4v) is 3.05. The topological polar surface area (TPSA) is 83.6 Å². The number of amides is 1. The molecule has 0 aliphatic rings. The molecule has 0 fully saturated rings. The van der Waals surface area contributed by atoms with E-state index in [1.54, 1.807) is 12.3 Å². The predicted molar refractivity (Wildman–Crippen MR) is 108 cm³/mol. The second-order valence-electron chi connectivity index (χ2n) is 6.15. The fraction of sp³-hybridized carbons (Fsp3) is 0.0476. The number of aromatic nitrogens is 4. The van der Waals surface area contributed by atoms with E-state index in [9.17, 15) is 4.79 Å². The van der Waals surface area contributed by atoms with Crippen LogP contribution in [0.4, 0.5) is 5.82 Å². The molecule has 0 atom stereocenters.